The van der Waals surface area contributed by atoms with Gasteiger partial charge in [-0.3, -0.25) is 9.10 Å². The fourth-order valence-electron chi connectivity index (χ4n) is 3.77. The molecule has 38 heavy (non-hydrogen) atoms. The monoisotopic (exact) mass is 550 g/mol. The predicted molar refractivity (Wildman–Crippen MR) is 150 cm³/mol. The van der Waals surface area contributed by atoms with Crippen molar-refractivity contribution < 1.29 is 22.3 Å². The number of carbonyl (C=O) groups excluding carboxylic acids is 1. The summed E-state index contributed by atoms with van der Waals surface area (Å²) < 4.78 is 45.6. The van der Waals surface area contributed by atoms with Crippen LogP contribution in [0.4, 0.5) is 15.8 Å². The number of carbonyl (C=O) groups is 1. The molecule has 4 aromatic rings. The number of hydrogen-bond acceptors (Lipinski definition) is 5. The lowest BCUT2D eigenvalue weighted by molar-refractivity contribution is 0.102. The minimum Gasteiger partial charge on any atom is -0.494 e. The van der Waals surface area contributed by atoms with Crippen LogP contribution in [0, 0.1) is 5.82 Å². The molecule has 0 atom stereocenters. The van der Waals surface area contributed by atoms with E-state index in [1.165, 1.54) is 36.0 Å². The molecule has 1 amide bonds. The zero-order valence-electron chi connectivity index (χ0n) is 20.9. The molecule has 0 saturated heterocycles. The standard InChI is InChI=1S/C29H27FN2O4S2/c1-3-36-27-18-13-21(19-22(27)20-32(38(2,34)35)24-16-14-23(30)15-17-24)29(33)31-26-11-7-8-12-28(26)37-25-9-5-4-6-10-25/h4-19H,3,20H2,1-2H3,(H,31,33). The lowest BCUT2D eigenvalue weighted by Crippen LogP contribution is -2.29. The summed E-state index contributed by atoms with van der Waals surface area (Å²) in [7, 11) is -3.73. The highest BCUT2D eigenvalue weighted by molar-refractivity contribution is 7.99. The Morgan fingerprint density at radius 1 is 0.947 bits per heavy atom. The highest BCUT2D eigenvalue weighted by atomic mass is 32.2. The van der Waals surface area contributed by atoms with Crippen molar-refractivity contribution in [2.45, 2.75) is 23.3 Å². The maximum absolute atomic E-state index is 13.5. The fourth-order valence-corrected chi connectivity index (χ4v) is 5.57. The fraction of sp³-hybridized carbons (Fsp3) is 0.138. The minimum atomic E-state index is -3.73. The summed E-state index contributed by atoms with van der Waals surface area (Å²) in [6.45, 7) is 2.08. The summed E-state index contributed by atoms with van der Waals surface area (Å²) in [5.41, 5.74) is 1.81. The molecule has 0 heterocycles. The summed E-state index contributed by atoms with van der Waals surface area (Å²) in [4.78, 5) is 15.2. The van der Waals surface area contributed by atoms with Gasteiger partial charge < -0.3 is 10.1 Å². The Kier molecular flexibility index (Phi) is 8.70. The molecular weight excluding hydrogens is 523 g/mol. The Labute approximate surface area is 226 Å². The van der Waals surface area contributed by atoms with Crippen molar-refractivity contribution in [2.24, 2.45) is 0 Å². The second-order valence-electron chi connectivity index (χ2n) is 8.37. The molecule has 9 heteroatoms. The van der Waals surface area contributed by atoms with Crippen molar-refractivity contribution in [3.8, 4) is 5.75 Å². The van der Waals surface area contributed by atoms with Crippen molar-refractivity contribution in [1.82, 2.24) is 0 Å². The van der Waals surface area contributed by atoms with Gasteiger partial charge in [-0.25, -0.2) is 12.8 Å². The summed E-state index contributed by atoms with van der Waals surface area (Å²) >= 11 is 1.54. The van der Waals surface area contributed by atoms with Gasteiger partial charge in [-0.15, -0.1) is 0 Å². The van der Waals surface area contributed by atoms with Gasteiger partial charge in [-0.2, -0.15) is 0 Å². The molecule has 0 saturated carbocycles. The Morgan fingerprint density at radius 3 is 2.32 bits per heavy atom. The number of para-hydroxylation sites is 1. The van der Waals surface area contributed by atoms with Crippen LogP contribution in [0.2, 0.25) is 0 Å². The number of ether oxygens (including phenoxy) is 1. The topological polar surface area (TPSA) is 75.7 Å². The molecule has 196 valence electrons. The van der Waals surface area contributed by atoms with E-state index in [1.807, 2.05) is 61.5 Å². The zero-order valence-corrected chi connectivity index (χ0v) is 22.6. The Bertz CT molecular complexity index is 1510. The van der Waals surface area contributed by atoms with E-state index in [1.54, 1.807) is 18.2 Å². The summed E-state index contributed by atoms with van der Waals surface area (Å²) in [5, 5.41) is 2.97. The van der Waals surface area contributed by atoms with E-state index in [4.69, 9.17) is 4.74 Å². The maximum atomic E-state index is 13.5. The van der Waals surface area contributed by atoms with Crippen LogP contribution in [0.1, 0.15) is 22.8 Å². The van der Waals surface area contributed by atoms with Gasteiger partial charge >= 0.3 is 0 Å². The average molecular weight is 551 g/mol. The van der Waals surface area contributed by atoms with Gasteiger partial charge in [0.15, 0.2) is 0 Å². The van der Waals surface area contributed by atoms with Gasteiger partial charge in [0.1, 0.15) is 11.6 Å². The quantitative estimate of drug-likeness (QED) is 0.241. The van der Waals surface area contributed by atoms with Crippen molar-refractivity contribution in [3.05, 3.63) is 114 Å². The van der Waals surface area contributed by atoms with Crippen LogP contribution in [0.25, 0.3) is 0 Å². The second-order valence-corrected chi connectivity index (χ2v) is 11.4. The third-order valence-electron chi connectivity index (χ3n) is 5.56. The number of hydrogen-bond donors (Lipinski definition) is 1. The first-order chi connectivity index (χ1) is 18.2. The first-order valence-electron chi connectivity index (χ1n) is 11.9. The molecule has 0 aliphatic heterocycles. The van der Waals surface area contributed by atoms with Crippen molar-refractivity contribution in [3.63, 3.8) is 0 Å². The van der Waals surface area contributed by atoms with E-state index < -0.39 is 15.8 Å². The molecule has 0 aliphatic carbocycles. The van der Waals surface area contributed by atoms with Crippen molar-refractivity contribution in [2.75, 3.05) is 22.5 Å². The highest BCUT2D eigenvalue weighted by Crippen LogP contribution is 2.34. The Morgan fingerprint density at radius 2 is 1.63 bits per heavy atom. The molecule has 6 nitrogen and oxygen atoms in total. The molecule has 0 aliphatic rings. The third-order valence-corrected chi connectivity index (χ3v) is 7.78. The molecule has 0 bridgehead atoms. The normalized spacial score (nSPS) is 11.1. The number of halogens is 1. The minimum absolute atomic E-state index is 0.0959. The number of amides is 1. The maximum Gasteiger partial charge on any atom is 0.255 e. The van der Waals surface area contributed by atoms with Crippen molar-refractivity contribution >= 4 is 39.1 Å². The third kappa shape index (κ3) is 6.93. The number of sulfonamides is 1. The van der Waals surface area contributed by atoms with Gasteiger partial charge in [0, 0.05) is 20.9 Å². The van der Waals surface area contributed by atoms with Crippen LogP contribution >= 0.6 is 11.8 Å². The van der Waals surface area contributed by atoms with Crippen LogP contribution in [0.5, 0.6) is 5.75 Å². The van der Waals surface area contributed by atoms with Gasteiger partial charge in [0.2, 0.25) is 10.0 Å². The van der Waals surface area contributed by atoms with Crippen LogP contribution in [0.15, 0.2) is 107 Å². The molecule has 0 spiro atoms. The van der Waals surface area contributed by atoms with Gasteiger partial charge in [-0.05, 0) is 73.7 Å². The van der Waals surface area contributed by atoms with E-state index in [0.717, 1.165) is 20.4 Å². The Hall–Kier alpha value is -3.82. The molecule has 4 aromatic carbocycles. The van der Waals surface area contributed by atoms with Crippen LogP contribution in [0.3, 0.4) is 0 Å². The van der Waals surface area contributed by atoms with Gasteiger partial charge in [0.05, 0.1) is 30.8 Å². The first-order valence-corrected chi connectivity index (χ1v) is 14.5. The molecule has 4 rings (SSSR count). The predicted octanol–water partition coefficient (Wildman–Crippen LogP) is 6.59. The second kappa shape index (κ2) is 12.1. The summed E-state index contributed by atoms with van der Waals surface area (Å²) in [5.74, 6) is -0.357. The summed E-state index contributed by atoms with van der Waals surface area (Å²) in [6.07, 6.45) is 1.08. The lowest BCUT2D eigenvalue weighted by Gasteiger charge is -2.24. The Balaban J connectivity index is 1.63. The van der Waals surface area contributed by atoms with E-state index >= 15 is 0 Å². The SMILES string of the molecule is CCOc1ccc(C(=O)Nc2ccccc2Sc2ccccc2)cc1CN(c1ccc(F)cc1)S(C)(=O)=O. The van der Waals surface area contributed by atoms with E-state index in [9.17, 15) is 17.6 Å². The number of nitrogens with zero attached hydrogens (tertiary/aromatic N) is 1. The highest BCUT2D eigenvalue weighted by Gasteiger charge is 2.21. The molecule has 0 radical (unpaired) electrons. The van der Waals surface area contributed by atoms with E-state index in [-0.39, 0.29) is 12.5 Å². The van der Waals surface area contributed by atoms with Crippen LogP contribution < -0.4 is 14.4 Å². The van der Waals surface area contributed by atoms with Crippen LogP contribution in [-0.2, 0) is 16.6 Å². The van der Waals surface area contributed by atoms with Gasteiger partial charge in [0.25, 0.3) is 5.91 Å². The smallest absolute Gasteiger partial charge is 0.255 e. The molecule has 0 unspecified atom stereocenters. The van der Waals surface area contributed by atoms with E-state index in [2.05, 4.69) is 5.32 Å². The first kappa shape index (κ1) is 27.2. The number of nitrogens with one attached hydrogen (secondary N) is 1. The number of benzene rings is 4. The summed E-state index contributed by atoms with van der Waals surface area (Å²) in [6, 6.07) is 27.5. The number of anilines is 2. The average Bonchev–Trinajstić information content (AvgIpc) is 2.90. The molecule has 0 aromatic heterocycles. The number of rotatable bonds is 10. The molecular formula is C29H27FN2O4S2. The van der Waals surface area contributed by atoms with Crippen LogP contribution in [-0.4, -0.2) is 27.2 Å². The molecule has 1 N–H and O–H groups in total. The lowest BCUT2D eigenvalue weighted by atomic mass is 10.1. The van der Waals surface area contributed by atoms with Crippen molar-refractivity contribution in [1.29, 1.82) is 0 Å². The molecule has 0 fully saturated rings. The van der Waals surface area contributed by atoms with E-state index in [0.29, 0.717) is 34.9 Å². The zero-order chi connectivity index (χ0) is 27.1. The van der Waals surface area contributed by atoms with Gasteiger partial charge in [-0.1, -0.05) is 42.1 Å². The largest absolute Gasteiger partial charge is 0.494 e.